The Kier molecular flexibility index (Phi) is 10.7. The van der Waals surface area contributed by atoms with Crippen LogP contribution >= 0.6 is 24.0 Å². The van der Waals surface area contributed by atoms with Gasteiger partial charge in [0, 0.05) is 38.8 Å². The highest BCUT2D eigenvalue weighted by molar-refractivity contribution is 14.0. The van der Waals surface area contributed by atoms with Crippen LogP contribution in [0.1, 0.15) is 51.4 Å². The third-order valence-corrected chi connectivity index (χ3v) is 6.42. The third-order valence-electron chi connectivity index (χ3n) is 6.42. The van der Waals surface area contributed by atoms with Gasteiger partial charge < -0.3 is 20.3 Å². The van der Waals surface area contributed by atoms with E-state index in [1.54, 1.807) is 0 Å². The minimum atomic E-state index is 0. The van der Waals surface area contributed by atoms with Gasteiger partial charge >= 0.3 is 0 Å². The average molecular weight is 493 g/mol. The van der Waals surface area contributed by atoms with Gasteiger partial charge in [0.15, 0.2) is 5.96 Å². The molecule has 3 rings (SSSR count). The number of nitrogens with zero attached hydrogens (tertiary/aromatic N) is 3. The molecule has 1 saturated carbocycles. The van der Waals surface area contributed by atoms with Gasteiger partial charge in [-0.3, -0.25) is 9.89 Å². The molecular formula is C20H40IN5O. The van der Waals surface area contributed by atoms with E-state index < -0.39 is 0 Å². The maximum atomic E-state index is 5.59. The van der Waals surface area contributed by atoms with Crippen molar-refractivity contribution >= 4 is 29.9 Å². The van der Waals surface area contributed by atoms with E-state index in [4.69, 9.17) is 4.74 Å². The molecule has 0 bridgehead atoms. The van der Waals surface area contributed by atoms with Gasteiger partial charge in [-0.2, -0.15) is 0 Å². The molecule has 0 aromatic rings. The number of aliphatic imine (C=N–C) groups is 1. The number of halogens is 1. The lowest BCUT2D eigenvalue weighted by atomic mass is 9.80. The Morgan fingerprint density at radius 2 is 1.67 bits per heavy atom. The molecule has 0 aromatic carbocycles. The molecule has 27 heavy (non-hydrogen) atoms. The van der Waals surface area contributed by atoms with Crippen LogP contribution in [0, 0.1) is 0 Å². The standard InChI is InChI=1S/C20H39N5O.HI/c1-21-19(22-10-7-13-24-11-5-6-12-24)23-18-20(8-3-2-4-9-20)25-14-16-26-17-15-25;/h2-18H2,1H3,(H2,21,22,23);1H. The molecule has 2 N–H and O–H groups in total. The maximum absolute atomic E-state index is 5.59. The smallest absolute Gasteiger partial charge is 0.191 e. The van der Waals surface area contributed by atoms with Crippen LogP contribution in [-0.2, 0) is 4.74 Å². The summed E-state index contributed by atoms with van der Waals surface area (Å²) in [6.07, 6.45) is 10.6. The quantitative estimate of drug-likeness (QED) is 0.247. The van der Waals surface area contributed by atoms with E-state index in [-0.39, 0.29) is 29.5 Å². The van der Waals surface area contributed by atoms with Gasteiger partial charge in [-0.05, 0) is 51.7 Å². The Hall–Kier alpha value is -0.120. The second-order valence-corrected chi connectivity index (χ2v) is 8.14. The Morgan fingerprint density at radius 1 is 0.963 bits per heavy atom. The molecule has 0 aromatic heterocycles. The van der Waals surface area contributed by atoms with Crippen molar-refractivity contribution in [1.82, 2.24) is 20.4 Å². The molecular weight excluding hydrogens is 453 g/mol. The van der Waals surface area contributed by atoms with E-state index in [0.717, 1.165) is 45.4 Å². The van der Waals surface area contributed by atoms with Gasteiger partial charge in [-0.15, -0.1) is 24.0 Å². The van der Waals surface area contributed by atoms with Crippen molar-refractivity contribution in [3.63, 3.8) is 0 Å². The summed E-state index contributed by atoms with van der Waals surface area (Å²) in [5, 5.41) is 7.17. The van der Waals surface area contributed by atoms with Gasteiger partial charge in [0.25, 0.3) is 0 Å². The number of ether oxygens (including phenoxy) is 1. The Bertz CT molecular complexity index is 430. The molecule has 3 fully saturated rings. The van der Waals surface area contributed by atoms with Gasteiger partial charge in [-0.1, -0.05) is 19.3 Å². The fraction of sp³-hybridized carbons (Fsp3) is 0.950. The molecule has 2 heterocycles. The highest BCUT2D eigenvalue weighted by atomic mass is 127. The zero-order valence-electron chi connectivity index (χ0n) is 17.2. The summed E-state index contributed by atoms with van der Waals surface area (Å²) in [5.41, 5.74) is 0.287. The molecule has 7 heteroatoms. The van der Waals surface area contributed by atoms with Crippen LogP contribution in [0.3, 0.4) is 0 Å². The van der Waals surface area contributed by atoms with E-state index >= 15 is 0 Å². The summed E-state index contributed by atoms with van der Waals surface area (Å²) in [6, 6.07) is 0. The van der Waals surface area contributed by atoms with Crippen LogP contribution in [0.5, 0.6) is 0 Å². The minimum absolute atomic E-state index is 0. The summed E-state index contributed by atoms with van der Waals surface area (Å²) in [5.74, 6) is 0.963. The number of hydrogen-bond donors (Lipinski definition) is 2. The lowest BCUT2D eigenvalue weighted by Gasteiger charge is -2.48. The number of guanidine groups is 1. The number of likely N-dealkylation sites (tertiary alicyclic amines) is 1. The Labute approximate surface area is 182 Å². The molecule has 0 atom stereocenters. The second kappa shape index (κ2) is 12.4. The summed E-state index contributed by atoms with van der Waals surface area (Å²) >= 11 is 0. The van der Waals surface area contributed by atoms with E-state index in [1.807, 2.05) is 7.05 Å². The van der Waals surface area contributed by atoms with Crippen molar-refractivity contribution in [2.24, 2.45) is 4.99 Å². The normalized spacial score (nSPS) is 24.4. The first kappa shape index (κ1) is 23.2. The van der Waals surface area contributed by atoms with Crippen molar-refractivity contribution in [3.8, 4) is 0 Å². The second-order valence-electron chi connectivity index (χ2n) is 8.14. The highest BCUT2D eigenvalue weighted by Gasteiger charge is 2.38. The van der Waals surface area contributed by atoms with Crippen LogP contribution in [-0.4, -0.2) is 87.4 Å². The van der Waals surface area contributed by atoms with Crippen LogP contribution < -0.4 is 10.6 Å². The molecule has 3 aliphatic rings. The monoisotopic (exact) mass is 493 g/mol. The van der Waals surface area contributed by atoms with Crippen LogP contribution in [0.2, 0.25) is 0 Å². The highest BCUT2D eigenvalue weighted by Crippen LogP contribution is 2.33. The predicted molar refractivity (Wildman–Crippen MR) is 123 cm³/mol. The number of hydrogen-bond acceptors (Lipinski definition) is 4. The predicted octanol–water partition coefficient (Wildman–Crippen LogP) is 2.29. The molecule has 6 nitrogen and oxygen atoms in total. The zero-order valence-corrected chi connectivity index (χ0v) is 19.5. The summed E-state index contributed by atoms with van der Waals surface area (Å²) in [7, 11) is 1.89. The molecule has 0 unspecified atom stereocenters. The molecule has 158 valence electrons. The van der Waals surface area contributed by atoms with Gasteiger partial charge in [0.05, 0.1) is 13.2 Å². The topological polar surface area (TPSA) is 52.1 Å². The van der Waals surface area contributed by atoms with Crippen LogP contribution in [0.25, 0.3) is 0 Å². The largest absolute Gasteiger partial charge is 0.379 e. The Morgan fingerprint density at radius 3 is 2.33 bits per heavy atom. The van der Waals surface area contributed by atoms with E-state index in [2.05, 4.69) is 25.4 Å². The van der Waals surface area contributed by atoms with E-state index in [1.165, 1.54) is 71.0 Å². The van der Waals surface area contributed by atoms with E-state index in [0.29, 0.717) is 0 Å². The number of morpholine rings is 1. The van der Waals surface area contributed by atoms with Crippen molar-refractivity contribution in [1.29, 1.82) is 0 Å². The molecule has 1 aliphatic carbocycles. The van der Waals surface area contributed by atoms with Crippen molar-refractivity contribution in [3.05, 3.63) is 0 Å². The van der Waals surface area contributed by atoms with E-state index in [9.17, 15) is 0 Å². The lowest BCUT2D eigenvalue weighted by molar-refractivity contribution is -0.0352. The number of nitrogens with one attached hydrogen (secondary N) is 2. The fourth-order valence-electron chi connectivity index (χ4n) is 4.84. The van der Waals surface area contributed by atoms with Crippen molar-refractivity contribution in [2.45, 2.75) is 56.9 Å². The number of rotatable bonds is 7. The average Bonchev–Trinajstić information content (AvgIpc) is 3.22. The minimum Gasteiger partial charge on any atom is -0.379 e. The SMILES string of the molecule is CN=C(NCCCN1CCCC1)NCC1(N2CCOCC2)CCCCC1.I. The summed E-state index contributed by atoms with van der Waals surface area (Å²) in [4.78, 5) is 9.72. The first-order valence-electron chi connectivity index (χ1n) is 10.8. The van der Waals surface area contributed by atoms with Crippen molar-refractivity contribution in [2.75, 3.05) is 66.1 Å². The lowest BCUT2D eigenvalue weighted by Crippen LogP contribution is -2.60. The Balaban J connectivity index is 0.00000261. The van der Waals surface area contributed by atoms with Gasteiger partial charge in [-0.25, -0.2) is 0 Å². The first-order valence-corrected chi connectivity index (χ1v) is 10.8. The van der Waals surface area contributed by atoms with Gasteiger partial charge in [0.1, 0.15) is 0 Å². The zero-order chi connectivity index (χ0) is 18.1. The molecule has 0 radical (unpaired) electrons. The van der Waals surface area contributed by atoms with Gasteiger partial charge in [0.2, 0.25) is 0 Å². The van der Waals surface area contributed by atoms with Crippen LogP contribution in [0.15, 0.2) is 4.99 Å². The third kappa shape index (κ3) is 7.01. The molecule has 2 saturated heterocycles. The fourth-order valence-corrected chi connectivity index (χ4v) is 4.84. The first-order chi connectivity index (χ1) is 12.8. The summed E-state index contributed by atoms with van der Waals surface area (Å²) < 4.78 is 5.59. The molecule has 0 spiro atoms. The van der Waals surface area contributed by atoms with Crippen LogP contribution in [0.4, 0.5) is 0 Å². The molecule has 2 aliphatic heterocycles. The van der Waals surface area contributed by atoms with Crippen molar-refractivity contribution < 1.29 is 4.74 Å². The molecule has 0 amide bonds. The maximum Gasteiger partial charge on any atom is 0.191 e. The summed E-state index contributed by atoms with van der Waals surface area (Å²) in [6.45, 7) is 9.69.